The lowest BCUT2D eigenvalue weighted by atomic mass is 10.1. The summed E-state index contributed by atoms with van der Waals surface area (Å²) in [6.45, 7) is 1.18. The molecule has 0 bridgehead atoms. The SMILES string of the molecule is CC(NC(=O)C(CC(=O)O)NC(=O)C(Cc1cnc[nH]1)NC(=O)C(N)CS)C(=O)O. The normalized spacial score (nSPS) is 14.6. The molecule has 13 nitrogen and oxygen atoms in total. The number of carbonyl (C=O) groups is 5. The van der Waals surface area contributed by atoms with Crippen molar-refractivity contribution in [1.82, 2.24) is 25.9 Å². The number of hydrogen-bond acceptors (Lipinski definition) is 8. The zero-order chi connectivity index (χ0) is 22.8. The number of carboxylic acid groups (broad SMARTS) is 2. The molecule has 0 aromatic carbocycles. The number of aromatic nitrogens is 2. The Kier molecular flexibility index (Phi) is 9.77. The van der Waals surface area contributed by atoms with Gasteiger partial charge in [0.2, 0.25) is 17.7 Å². The fourth-order valence-corrected chi connectivity index (χ4v) is 2.38. The molecule has 0 saturated carbocycles. The lowest BCUT2D eigenvalue weighted by Crippen LogP contribution is -2.58. The van der Waals surface area contributed by atoms with Gasteiger partial charge in [-0.25, -0.2) is 4.98 Å². The summed E-state index contributed by atoms with van der Waals surface area (Å²) in [5.41, 5.74) is 6.08. The number of carbonyl (C=O) groups excluding carboxylic acids is 3. The van der Waals surface area contributed by atoms with E-state index in [1.807, 2.05) is 0 Å². The number of hydrogen-bond donors (Lipinski definition) is 8. The van der Waals surface area contributed by atoms with E-state index in [0.717, 1.165) is 0 Å². The van der Waals surface area contributed by atoms with Gasteiger partial charge in [0.15, 0.2) is 0 Å². The van der Waals surface area contributed by atoms with Crippen molar-refractivity contribution < 1.29 is 34.2 Å². The maximum Gasteiger partial charge on any atom is 0.325 e. The smallest absolute Gasteiger partial charge is 0.325 e. The molecule has 0 spiro atoms. The van der Waals surface area contributed by atoms with E-state index in [1.165, 1.54) is 19.4 Å². The van der Waals surface area contributed by atoms with Gasteiger partial charge in [-0.3, -0.25) is 24.0 Å². The number of nitrogens with one attached hydrogen (secondary N) is 4. The summed E-state index contributed by atoms with van der Waals surface area (Å²) >= 11 is 3.92. The van der Waals surface area contributed by atoms with Crippen LogP contribution in [0.3, 0.4) is 0 Å². The molecule has 0 radical (unpaired) electrons. The molecule has 0 saturated heterocycles. The first-order valence-corrected chi connectivity index (χ1v) is 9.37. The Morgan fingerprint density at radius 3 is 2.20 bits per heavy atom. The van der Waals surface area contributed by atoms with Gasteiger partial charge in [0.05, 0.1) is 18.8 Å². The number of carboxylic acids is 2. The van der Waals surface area contributed by atoms with Gasteiger partial charge in [-0.05, 0) is 6.92 Å². The van der Waals surface area contributed by atoms with Gasteiger partial charge in [0, 0.05) is 24.1 Å². The van der Waals surface area contributed by atoms with Crippen molar-refractivity contribution in [2.75, 3.05) is 5.75 Å². The summed E-state index contributed by atoms with van der Waals surface area (Å²) in [5, 5.41) is 24.7. The molecule has 0 aliphatic rings. The molecule has 0 aliphatic heterocycles. The molecule has 0 fully saturated rings. The van der Waals surface area contributed by atoms with Gasteiger partial charge in [-0.15, -0.1) is 0 Å². The highest BCUT2D eigenvalue weighted by Gasteiger charge is 2.30. The van der Waals surface area contributed by atoms with Crippen molar-refractivity contribution in [2.24, 2.45) is 5.73 Å². The van der Waals surface area contributed by atoms with Crippen LogP contribution in [0.5, 0.6) is 0 Å². The van der Waals surface area contributed by atoms with Gasteiger partial charge >= 0.3 is 11.9 Å². The Labute approximate surface area is 176 Å². The van der Waals surface area contributed by atoms with Crippen molar-refractivity contribution in [3.63, 3.8) is 0 Å². The summed E-state index contributed by atoms with van der Waals surface area (Å²) < 4.78 is 0. The van der Waals surface area contributed by atoms with Crippen LogP contribution in [0.15, 0.2) is 12.5 Å². The third-order valence-electron chi connectivity index (χ3n) is 3.89. The topological polar surface area (TPSA) is 217 Å². The molecule has 14 heteroatoms. The Hall–Kier alpha value is -3.13. The number of nitrogens with two attached hydrogens (primary N) is 1. The van der Waals surface area contributed by atoms with E-state index in [1.54, 1.807) is 0 Å². The summed E-state index contributed by atoms with van der Waals surface area (Å²) in [4.78, 5) is 65.7. The standard InChI is InChI=1S/C16H24N6O7S/c1-7(16(28)29)20-14(26)11(3-12(23)24)22-15(27)10(2-8-4-18-6-19-8)21-13(25)9(17)5-30/h4,6-7,9-11,30H,2-3,5,17H2,1H3,(H,18,19)(H,20,26)(H,21,25)(H,22,27)(H,23,24)(H,28,29). The quantitative estimate of drug-likeness (QED) is 0.156. The molecule has 4 unspecified atom stereocenters. The first-order valence-electron chi connectivity index (χ1n) is 8.74. The van der Waals surface area contributed by atoms with Crippen LogP contribution < -0.4 is 21.7 Å². The predicted octanol–water partition coefficient (Wildman–Crippen LogP) is -2.76. The van der Waals surface area contributed by atoms with Gasteiger partial charge < -0.3 is 36.9 Å². The van der Waals surface area contributed by atoms with Crippen molar-refractivity contribution in [1.29, 1.82) is 0 Å². The van der Waals surface area contributed by atoms with Crippen LogP contribution in [0.4, 0.5) is 0 Å². The number of aliphatic carboxylic acids is 2. The fraction of sp³-hybridized carbons (Fsp3) is 0.500. The second kappa shape index (κ2) is 11.8. The van der Waals surface area contributed by atoms with E-state index in [0.29, 0.717) is 5.69 Å². The Bertz CT molecular complexity index is 772. The van der Waals surface area contributed by atoms with Crippen molar-refractivity contribution in [3.05, 3.63) is 18.2 Å². The minimum atomic E-state index is -1.57. The first-order chi connectivity index (χ1) is 14.0. The van der Waals surface area contributed by atoms with Gasteiger partial charge in [0.25, 0.3) is 0 Å². The molecule has 166 valence electrons. The maximum absolute atomic E-state index is 12.7. The lowest BCUT2D eigenvalue weighted by Gasteiger charge is -2.23. The second-order valence-electron chi connectivity index (χ2n) is 6.36. The maximum atomic E-state index is 12.7. The first kappa shape index (κ1) is 24.9. The molecule has 3 amide bonds. The molecule has 1 heterocycles. The van der Waals surface area contributed by atoms with E-state index in [2.05, 4.69) is 38.5 Å². The molecule has 0 aliphatic carbocycles. The van der Waals surface area contributed by atoms with Crippen LogP contribution in [-0.4, -0.2) is 79.8 Å². The molecule has 4 atom stereocenters. The number of thiol groups is 1. The third-order valence-corrected chi connectivity index (χ3v) is 4.28. The molecule has 1 aromatic rings. The molecule has 30 heavy (non-hydrogen) atoms. The lowest BCUT2D eigenvalue weighted by molar-refractivity contribution is -0.143. The minimum Gasteiger partial charge on any atom is -0.481 e. The summed E-state index contributed by atoms with van der Waals surface area (Å²) in [6.07, 6.45) is 1.93. The van der Waals surface area contributed by atoms with E-state index in [9.17, 15) is 24.0 Å². The predicted molar refractivity (Wildman–Crippen MR) is 105 cm³/mol. The monoisotopic (exact) mass is 444 g/mol. The highest BCUT2D eigenvalue weighted by molar-refractivity contribution is 7.80. The number of H-pyrrole nitrogens is 1. The second-order valence-corrected chi connectivity index (χ2v) is 6.72. The highest BCUT2D eigenvalue weighted by atomic mass is 32.1. The summed E-state index contributed by atoms with van der Waals surface area (Å²) in [5.74, 6) is -5.27. The van der Waals surface area contributed by atoms with Crippen molar-refractivity contribution in [2.45, 2.75) is 43.9 Å². The van der Waals surface area contributed by atoms with Crippen molar-refractivity contribution >= 4 is 42.3 Å². The molecule has 1 rings (SSSR count). The van der Waals surface area contributed by atoms with E-state index in [4.69, 9.17) is 15.9 Å². The molecule has 8 N–H and O–H groups in total. The zero-order valence-corrected chi connectivity index (χ0v) is 16.9. The van der Waals surface area contributed by atoms with E-state index in [-0.39, 0.29) is 12.2 Å². The summed E-state index contributed by atoms with van der Waals surface area (Å²) in [6, 6.07) is -5.10. The Balaban J connectivity index is 2.98. The average molecular weight is 444 g/mol. The largest absolute Gasteiger partial charge is 0.481 e. The number of imidazole rings is 1. The van der Waals surface area contributed by atoms with Crippen LogP contribution >= 0.6 is 12.6 Å². The van der Waals surface area contributed by atoms with Crippen LogP contribution in [0.2, 0.25) is 0 Å². The zero-order valence-electron chi connectivity index (χ0n) is 16.0. The minimum absolute atomic E-state index is 0.0152. The van der Waals surface area contributed by atoms with E-state index >= 15 is 0 Å². The Morgan fingerprint density at radius 1 is 1.10 bits per heavy atom. The van der Waals surface area contributed by atoms with Gasteiger partial charge in [0.1, 0.15) is 18.1 Å². The van der Waals surface area contributed by atoms with Gasteiger partial charge in [-0.1, -0.05) is 0 Å². The fourth-order valence-electron chi connectivity index (χ4n) is 2.22. The Morgan fingerprint density at radius 2 is 1.70 bits per heavy atom. The van der Waals surface area contributed by atoms with Crippen LogP contribution in [-0.2, 0) is 30.4 Å². The number of rotatable bonds is 12. The van der Waals surface area contributed by atoms with Crippen LogP contribution in [0, 0.1) is 0 Å². The van der Waals surface area contributed by atoms with E-state index < -0.39 is 60.2 Å². The number of amides is 3. The average Bonchev–Trinajstić information content (AvgIpc) is 3.18. The molecular weight excluding hydrogens is 420 g/mol. The van der Waals surface area contributed by atoms with Crippen LogP contribution in [0.1, 0.15) is 19.0 Å². The third kappa shape index (κ3) is 8.08. The molecular formula is C16H24N6O7S. The van der Waals surface area contributed by atoms with Gasteiger partial charge in [-0.2, -0.15) is 12.6 Å². The highest BCUT2D eigenvalue weighted by Crippen LogP contribution is 2.03. The number of nitrogens with zero attached hydrogens (tertiary/aromatic N) is 1. The van der Waals surface area contributed by atoms with Crippen LogP contribution in [0.25, 0.3) is 0 Å². The van der Waals surface area contributed by atoms with Crippen molar-refractivity contribution in [3.8, 4) is 0 Å². The summed E-state index contributed by atoms with van der Waals surface area (Å²) in [7, 11) is 0. The molecule has 1 aromatic heterocycles. The number of aromatic amines is 1.